The van der Waals surface area contributed by atoms with Crippen LogP contribution in [-0.4, -0.2) is 12.3 Å². The highest BCUT2D eigenvalue weighted by atomic mass is 32.4. The van der Waals surface area contributed by atoms with Crippen LogP contribution >= 0.6 is 42.4 Å². The third-order valence-corrected chi connectivity index (χ3v) is 5.84. The molecule has 5 atom stereocenters. The molecule has 0 N–H and O–H groups in total. The summed E-state index contributed by atoms with van der Waals surface area (Å²) in [5.74, 6) is 0.990. The minimum atomic E-state index is 0.177. The lowest BCUT2D eigenvalue weighted by atomic mass is 10.0. The van der Waals surface area contributed by atoms with Crippen molar-refractivity contribution in [1.29, 1.82) is 0 Å². The second-order valence-corrected chi connectivity index (χ2v) is 12.4. The highest BCUT2D eigenvalue weighted by molar-refractivity contribution is 8.43. The Labute approximate surface area is 87.0 Å². The Morgan fingerprint density at radius 1 is 1.33 bits per heavy atom. The predicted molar refractivity (Wildman–Crippen MR) is 77.1 cm³/mol. The maximum Gasteiger partial charge on any atom is -0.0255 e. The molecule has 74 valence electrons. The Morgan fingerprint density at radius 2 is 2.00 bits per heavy atom. The minimum absolute atomic E-state index is 0.177. The van der Waals surface area contributed by atoms with Gasteiger partial charge in [-0.3, -0.25) is 0 Å². The zero-order valence-corrected chi connectivity index (χ0v) is 13.2. The van der Waals surface area contributed by atoms with Crippen LogP contribution in [0.25, 0.3) is 0 Å². The first-order valence-corrected chi connectivity index (χ1v) is 12.2. The van der Waals surface area contributed by atoms with Crippen LogP contribution in [0.1, 0.15) is 26.2 Å². The Bertz CT molecular complexity index is 95.8. The van der Waals surface area contributed by atoms with Crippen molar-refractivity contribution >= 4 is 42.4 Å². The summed E-state index contributed by atoms with van der Waals surface area (Å²) in [6.07, 6.45) is 7.06. The number of hydrogen-bond donors (Lipinski definition) is 0. The molecule has 0 amide bonds. The van der Waals surface area contributed by atoms with Gasteiger partial charge in [0.1, 0.15) is 0 Å². The Kier molecular flexibility index (Phi) is 11.4. The summed E-state index contributed by atoms with van der Waals surface area (Å²) in [7, 11) is 9.92. The van der Waals surface area contributed by atoms with Gasteiger partial charge in [-0.15, -0.1) is 35.1 Å². The van der Waals surface area contributed by atoms with E-state index >= 15 is 0 Å². The molecule has 0 radical (unpaired) electrons. The van der Waals surface area contributed by atoms with Gasteiger partial charge < -0.3 is 0 Å². The Morgan fingerprint density at radius 3 is 2.42 bits per heavy atom. The molecule has 5 unspecified atom stereocenters. The van der Waals surface area contributed by atoms with Crippen molar-refractivity contribution in [1.82, 2.24) is 0 Å². The zero-order chi connectivity index (χ0) is 9.40. The maximum absolute atomic E-state index is 2.92. The molecular formula is C7H21P5. The summed E-state index contributed by atoms with van der Waals surface area (Å²) in [5.41, 5.74) is 0. The van der Waals surface area contributed by atoms with Gasteiger partial charge in [0.05, 0.1) is 0 Å². The summed E-state index contributed by atoms with van der Waals surface area (Å²) in [5, 5.41) is 0. The van der Waals surface area contributed by atoms with Gasteiger partial charge in [-0.2, -0.15) is 0 Å². The maximum atomic E-state index is 2.92. The van der Waals surface area contributed by atoms with Crippen LogP contribution in [0, 0.1) is 5.92 Å². The van der Waals surface area contributed by atoms with Crippen molar-refractivity contribution in [3.63, 3.8) is 0 Å². The molecule has 0 aliphatic rings. The van der Waals surface area contributed by atoms with Gasteiger partial charge in [-0.1, -0.05) is 20.6 Å². The predicted octanol–water partition coefficient (Wildman–Crippen LogP) is 4.32. The third kappa shape index (κ3) is 8.74. The van der Waals surface area contributed by atoms with Crippen molar-refractivity contribution < 1.29 is 0 Å². The highest BCUT2D eigenvalue weighted by Crippen LogP contribution is 2.53. The van der Waals surface area contributed by atoms with E-state index in [0.717, 1.165) is 14.2 Å². The summed E-state index contributed by atoms with van der Waals surface area (Å²) >= 11 is 0. The van der Waals surface area contributed by atoms with Crippen LogP contribution in [0.15, 0.2) is 0 Å². The quantitative estimate of drug-likeness (QED) is 0.598. The van der Waals surface area contributed by atoms with Gasteiger partial charge in [0, 0.05) is 0 Å². The van der Waals surface area contributed by atoms with Gasteiger partial charge in [-0.05, 0) is 31.1 Å². The van der Waals surface area contributed by atoms with Crippen LogP contribution in [0.4, 0.5) is 0 Å². The van der Waals surface area contributed by atoms with E-state index < -0.39 is 0 Å². The van der Waals surface area contributed by atoms with Gasteiger partial charge in [0.25, 0.3) is 0 Å². The van der Waals surface area contributed by atoms with Crippen LogP contribution in [0.2, 0.25) is 0 Å². The molecule has 0 heterocycles. The largest absolute Gasteiger partial charge is 0.114 e. The molecule has 0 fully saturated rings. The smallest absolute Gasteiger partial charge is 0.0255 e. The average Bonchev–Trinajstić information content (AvgIpc) is 2.05. The van der Waals surface area contributed by atoms with Crippen molar-refractivity contribution in [2.75, 3.05) is 12.3 Å². The Hall–Kier alpha value is 2.15. The summed E-state index contributed by atoms with van der Waals surface area (Å²) in [6.45, 7) is 2.32. The molecule has 5 heteroatoms. The van der Waals surface area contributed by atoms with Crippen molar-refractivity contribution in [3.8, 4) is 0 Å². The fourth-order valence-electron chi connectivity index (χ4n) is 1.17. The van der Waals surface area contributed by atoms with Crippen LogP contribution in [0.3, 0.4) is 0 Å². The van der Waals surface area contributed by atoms with E-state index in [1.165, 1.54) is 31.6 Å². The molecule has 0 spiro atoms. The summed E-state index contributed by atoms with van der Waals surface area (Å²) < 4.78 is 0. The van der Waals surface area contributed by atoms with Gasteiger partial charge in [0.15, 0.2) is 0 Å². The SMILES string of the molecule is CCC(CCPP)CCP(P)P. The van der Waals surface area contributed by atoms with Crippen molar-refractivity contribution in [2.45, 2.75) is 26.2 Å². The van der Waals surface area contributed by atoms with Crippen molar-refractivity contribution in [2.24, 2.45) is 5.92 Å². The van der Waals surface area contributed by atoms with E-state index in [1.54, 1.807) is 0 Å². The molecule has 0 aliphatic heterocycles. The molecule has 0 aliphatic carbocycles. The van der Waals surface area contributed by atoms with E-state index in [1.807, 2.05) is 0 Å². The second-order valence-electron chi connectivity index (χ2n) is 3.04. The minimum Gasteiger partial charge on any atom is -0.114 e. The van der Waals surface area contributed by atoms with E-state index in [2.05, 4.69) is 33.7 Å². The zero-order valence-electron chi connectivity index (χ0n) is 7.79. The molecule has 0 aromatic carbocycles. The van der Waals surface area contributed by atoms with E-state index in [9.17, 15) is 0 Å². The monoisotopic (exact) mass is 260 g/mol. The summed E-state index contributed by atoms with van der Waals surface area (Å²) in [6, 6.07) is 0. The number of rotatable bonds is 7. The molecular weight excluding hydrogens is 239 g/mol. The molecule has 0 aromatic heterocycles. The lowest BCUT2D eigenvalue weighted by Gasteiger charge is -2.15. The summed E-state index contributed by atoms with van der Waals surface area (Å²) in [4.78, 5) is 0. The van der Waals surface area contributed by atoms with E-state index in [4.69, 9.17) is 0 Å². The Balaban J connectivity index is 3.39. The van der Waals surface area contributed by atoms with Gasteiger partial charge in [0.2, 0.25) is 0 Å². The van der Waals surface area contributed by atoms with Crippen LogP contribution in [-0.2, 0) is 0 Å². The standard InChI is InChI=1S/C7H21P5/c1-2-7(3-5-11-8)4-6-12(9)10/h7,11H,2-6,8-10H2,1H3. The number of hydrogen-bond acceptors (Lipinski definition) is 0. The van der Waals surface area contributed by atoms with Crippen LogP contribution in [0.5, 0.6) is 0 Å². The molecule has 0 bridgehead atoms. The van der Waals surface area contributed by atoms with Crippen molar-refractivity contribution in [3.05, 3.63) is 0 Å². The molecule has 12 heavy (non-hydrogen) atoms. The lowest BCUT2D eigenvalue weighted by Crippen LogP contribution is -2.00. The second kappa shape index (κ2) is 9.70. The van der Waals surface area contributed by atoms with Gasteiger partial charge >= 0.3 is 0 Å². The normalized spacial score (nSPS) is 14.8. The fourth-order valence-corrected chi connectivity index (χ4v) is 3.80. The first-order valence-electron chi connectivity index (χ1n) is 4.41. The van der Waals surface area contributed by atoms with Crippen LogP contribution < -0.4 is 0 Å². The third-order valence-electron chi connectivity index (χ3n) is 2.07. The molecule has 0 saturated carbocycles. The van der Waals surface area contributed by atoms with Gasteiger partial charge in [-0.25, -0.2) is 0 Å². The highest BCUT2D eigenvalue weighted by Gasteiger charge is 2.06. The molecule has 0 saturated heterocycles. The van der Waals surface area contributed by atoms with E-state index in [0.29, 0.717) is 0 Å². The lowest BCUT2D eigenvalue weighted by molar-refractivity contribution is 0.484. The first kappa shape index (κ1) is 14.2. The fraction of sp³-hybridized carbons (Fsp3) is 1.00. The average molecular weight is 260 g/mol. The van der Waals surface area contributed by atoms with E-state index in [-0.39, 0.29) is 7.30 Å². The molecule has 0 nitrogen and oxygen atoms in total. The first-order chi connectivity index (χ1) is 5.70. The molecule has 0 rings (SSSR count). The topological polar surface area (TPSA) is 0 Å². The molecule has 0 aromatic rings.